The quantitative estimate of drug-likeness (QED) is 0.749. The van der Waals surface area contributed by atoms with Crippen LogP contribution in [0.3, 0.4) is 0 Å². The number of benzene rings is 1. The lowest BCUT2D eigenvalue weighted by Gasteiger charge is -2.38. The largest absolute Gasteiger partial charge is 0.353 e. The van der Waals surface area contributed by atoms with Crippen LogP contribution in [0.2, 0.25) is 0 Å². The maximum Gasteiger partial charge on any atom is 0.237 e. The number of nitrogens with one attached hydrogen (secondary N) is 2. The van der Waals surface area contributed by atoms with Gasteiger partial charge in [0.15, 0.2) is 0 Å². The second-order valence-corrected chi connectivity index (χ2v) is 9.21. The van der Waals surface area contributed by atoms with Crippen LogP contribution in [0.15, 0.2) is 24.3 Å². The third-order valence-corrected chi connectivity index (χ3v) is 7.13. The van der Waals surface area contributed by atoms with Gasteiger partial charge in [0.05, 0.1) is 19.0 Å². The third kappa shape index (κ3) is 4.26. The van der Waals surface area contributed by atoms with Crippen molar-refractivity contribution in [3.63, 3.8) is 0 Å². The Labute approximate surface area is 189 Å². The maximum absolute atomic E-state index is 12.8. The Bertz CT molecular complexity index is 1010. The summed E-state index contributed by atoms with van der Waals surface area (Å²) in [6.45, 7) is 3.73. The molecule has 2 N–H and O–H groups in total. The van der Waals surface area contributed by atoms with Crippen LogP contribution in [0.1, 0.15) is 53.2 Å². The minimum atomic E-state index is -0.436. The van der Waals surface area contributed by atoms with E-state index in [1.807, 2.05) is 6.92 Å². The van der Waals surface area contributed by atoms with Crippen molar-refractivity contribution in [3.8, 4) is 0 Å². The molecule has 2 aromatic rings. The Morgan fingerprint density at radius 2 is 1.91 bits per heavy atom. The van der Waals surface area contributed by atoms with E-state index in [0.29, 0.717) is 18.9 Å². The van der Waals surface area contributed by atoms with E-state index in [0.717, 1.165) is 50.0 Å². The zero-order chi connectivity index (χ0) is 22.1. The Morgan fingerprint density at radius 3 is 2.69 bits per heavy atom. The molecular weight excluding hydrogens is 402 g/mol. The predicted octanol–water partition coefficient (Wildman–Crippen LogP) is 1.64. The molecule has 32 heavy (non-hydrogen) atoms. The van der Waals surface area contributed by atoms with Gasteiger partial charge in [-0.05, 0) is 62.1 Å². The molecule has 7 nitrogen and oxygen atoms in total. The number of fused-ring (bicyclic) bond motifs is 2. The zero-order valence-corrected chi connectivity index (χ0v) is 18.7. The fourth-order valence-corrected chi connectivity index (χ4v) is 5.50. The van der Waals surface area contributed by atoms with Crippen LogP contribution in [0.4, 0.5) is 0 Å². The summed E-state index contributed by atoms with van der Waals surface area (Å²) in [5.41, 5.74) is 6.14. The van der Waals surface area contributed by atoms with Crippen molar-refractivity contribution in [2.45, 2.75) is 70.5 Å². The van der Waals surface area contributed by atoms with Gasteiger partial charge in [0.2, 0.25) is 11.8 Å². The minimum absolute atomic E-state index is 0.0526. The van der Waals surface area contributed by atoms with Gasteiger partial charge in [0.1, 0.15) is 5.82 Å². The van der Waals surface area contributed by atoms with Crippen LogP contribution in [0.5, 0.6) is 0 Å². The number of carbonyl (C=O) groups is 2. The molecule has 2 heterocycles. The Hall–Kier alpha value is -2.80. The van der Waals surface area contributed by atoms with Gasteiger partial charge in [-0.2, -0.15) is 0 Å². The maximum atomic E-state index is 12.8. The summed E-state index contributed by atoms with van der Waals surface area (Å²) in [6, 6.07) is 8.31. The third-order valence-electron chi connectivity index (χ3n) is 7.13. The van der Waals surface area contributed by atoms with Crippen molar-refractivity contribution in [1.82, 2.24) is 25.5 Å². The number of aromatic nitrogens is 2. The lowest BCUT2D eigenvalue weighted by Crippen LogP contribution is -2.59. The van der Waals surface area contributed by atoms with Crippen molar-refractivity contribution in [2.75, 3.05) is 13.1 Å². The lowest BCUT2D eigenvalue weighted by molar-refractivity contribution is -0.135. The average Bonchev–Trinajstić information content (AvgIpc) is 3.23. The van der Waals surface area contributed by atoms with Crippen LogP contribution in [0, 0.1) is 6.92 Å². The molecule has 0 spiro atoms. The second kappa shape index (κ2) is 8.98. The minimum Gasteiger partial charge on any atom is -0.353 e. The predicted molar refractivity (Wildman–Crippen MR) is 121 cm³/mol. The topological polar surface area (TPSA) is 87.2 Å². The van der Waals surface area contributed by atoms with E-state index >= 15 is 0 Å². The highest BCUT2D eigenvalue weighted by molar-refractivity contribution is 5.88. The van der Waals surface area contributed by atoms with E-state index in [1.165, 1.54) is 23.1 Å². The fraction of sp³-hybridized carbons (Fsp3) is 0.520. The van der Waals surface area contributed by atoms with E-state index in [1.54, 1.807) is 0 Å². The molecule has 1 aliphatic heterocycles. The number of rotatable bonds is 5. The van der Waals surface area contributed by atoms with Crippen LogP contribution in [0.25, 0.3) is 0 Å². The van der Waals surface area contributed by atoms with E-state index in [9.17, 15) is 9.59 Å². The summed E-state index contributed by atoms with van der Waals surface area (Å²) < 4.78 is 0. The Balaban J connectivity index is 1.23. The van der Waals surface area contributed by atoms with Gasteiger partial charge in [0, 0.05) is 30.5 Å². The fourth-order valence-electron chi connectivity index (χ4n) is 5.50. The van der Waals surface area contributed by atoms with Crippen LogP contribution in [-0.2, 0) is 41.8 Å². The molecule has 2 amide bonds. The number of aryl methyl sites for hydroxylation is 2. The first-order valence-corrected chi connectivity index (χ1v) is 11.8. The summed E-state index contributed by atoms with van der Waals surface area (Å²) in [4.78, 5) is 37.0. The molecule has 0 saturated carbocycles. The summed E-state index contributed by atoms with van der Waals surface area (Å²) in [6.07, 6.45) is 6.41. The van der Waals surface area contributed by atoms with Gasteiger partial charge >= 0.3 is 0 Å². The molecule has 1 unspecified atom stereocenters. The number of nitrogens with zero attached hydrogens (tertiary/aromatic N) is 3. The highest BCUT2D eigenvalue weighted by Gasteiger charge is 2.38. The van der Waals surface area contributed by atoms with E-state index in [-0.39, 0.29) is 24.3 Å². The average molecular weight is 434 g/mol. The molecule has 0 radical (unpaired) electrons. The van der Waals surface area contributed by atoms with Crippen molar-refractivity contribution >= 4 is 11.8 Å². The van der Waals surface area contributed by atoms with Crippen molar-refractivity contribution < 1.29 is 9.59 Å². The first-order chi connectivity index (χ1) is 15.6. The molecule has 1 saturated heterocycles. The summed E-state index contributed by atoms with van der Waals surface area (Å²) in [5.74, 6) is 0.475. The molecule has 168 valence electrons. The number of hydrogen-bond acceptors (Lipinski definition) is 5. The van der Waals surface area contributed by atoms with Gasteiger partial charge in [-0.3, -0.25) is 14.5 Å². The standard InChI is InChI=1S/C25H31N5O2/c1-16-20-8-4-5-9-21(20)29-23(28-16)15-27-24(31)14-22-25(32)26-10-11-30(22)19-12-17-6-2-3-7-18(17)13-19/h2-3,6-7,19,22H,4-5,8-15H2,1H3,(H,26,32)(H,27,31). The normalized spacial score (nSPS) is 21.0. The molecule has 2 aliphatic carbocycles. The van der Waals surface area contributed by atoms with Gasteiger partial charge in [-0.15, -0.1) is 0 Å². The molecular formula is C25H31N5O2. The highest BCUT2D eigenvalue weighted by atomic mass is 16.2. The monoisotopic (exact) mass is 433 g/mol. The number of amides is 2. The molecule has 3 aliphatic rings. The molecule has 1 atom stereocenters. The van der Waals surface area contributed by atoms with Crippen molar-refractivity contribution in [1.29, 1.82) is 0 Å². The lowest BCUT2D eigenvalue weighted by atomic mass is 9.95. The van der Waals surface area contributed by atoms with Gasteiger partial charge in [0.25, 0.3) is 0 Å². The molecule has 1 aromatic heterocycles. The summed E-state index contributed by atoms with van der Waals surface area (Å²) in [5, 5.41) is 5.90. The molecule has 1 aromatic carbocycles. The van der Waals surface area contributed by atoms with Crippen LogP contribution in [-0.4, -0.2) is 51.9 Å². The number of hydrogen-bond donors (Lipinski definition) is 2. The van der Waals surface area contributed by atoms with Crippen molar-refractivity contribution in [2.24, 2.45) is 0 Å². The second-order valence-electron chi connectivity index (χ2n) is 9.21. The van der Waals surface area contributed by atoms with Gasteiger partial charge in [-0.1, -0.05) is 24.3 Å². The molecule has 7 heteroatoms. The van der Waals surface area contributed by atoms with E-state index in [4.69, 9.17) is 4.98 Å². The van der Waals surface area contributed by atoms with Gasteiger partial charge < -0.3 is 10.6 Å². The first kappa shape index (κ1) is 21.1. The van der Waals surface area contributed by atoms with Gasteiger partial charge in [-0.25, -0.2) is 9.97 Å². The molecule has 0 bridgehead atoms. The number of piperazine rings is 1. The summed E-state index contributed by atoms with van der Waals surface area (Å²) >= 11 is 0. The highest BCUT2D eigenvalue weighted by Crippen LogP contribution is 2.28. The van der Waals surface area contributed by atoms with E-state index < -0.39 is 6.04 Å². The zero-order valence-electron chi connectivity index (χ0n) is 18.7. The van der Waals surface area contributed by atoms with Crippen LogP contribution >= 0.6 is 0 Å². The SMILES string of the molecule is Cc1nc(CNC(=O)CC2C(=O)NCCN2C2Cc3ccccc3C2)nc2c1CCCC2. The number of carbonyl (C=O) groups excluding carboxylic acids is 2. The Morgan fingerprint density at radius 1 is 1.16 bits per heavy atom. The molecule has 5 rings (SSSR count). The van der Waals surface area contributed by atoms with E-state index in [2.05, 4.69) is 44.8 Å². The van der Waals surface area contributed by atoms with Crippen LogP contribution < -0.4 is 10.6 Å². The van der Waals surface area contributed by atoms with Crippen molar-refractivity contribution in [3.05, 3.63) is 58.2 Å². The first-order valence-electron chi connectivity index (χ1n) is 11.8. The summed E-state index contributed by atoms with van der Waals surface area (Å²) in [7, 11) is 0. The Kier molecular flexibility index (Phi) is 5.91. The smallest absolute Gasteiger partial charge is 0.237 e. The molecule has 1 fully saturated rings.